The Morgan fingerprint density at radius 3 is 2.79 bits per heavy atom. The van der Waals surface area contributed by atoms with E-state index in [1.54, 1.807) is 32.0 Å². The van der Waals surface area contributed by atoms with Gasteiger partial charge in [-0.05, 0) is 38.0 Å². The van der Waals surface area contributed by atoms with Crippen molar-refractivity contribution in [1.82, 2.24) is 15.7 Å². The molecule has 3 atom stereocenters. The van der Waals surface area contributed by atoms with Gasteiger partial charge in [0.25, 0.3) is 11.6 Å². The van der Waals surface area contributed by atoms with Crippen LogP contribution in [0.1, 0.15) is 36.5 Å². The number of aryl methyl sites for hydroxylation is 1. The van der Waals surface area contributed by atoms with Crippen molar-refractivity contribution in [3.05, 3.63) is 50.2 Å². The normalized spacial score (nSPS) is 19.7. The smallest absolute Gasteiger partial charge is 0.254 e. The number of fused-ring (bicyclic) bond motifs is 1. The molecule has 1 aromatic carbocycles. The molecule has 1 aliphatic heterocycles. The molecule has 2 unspecified atom stereocenters. The first-order valence-corrected chi connectivity index (χ1v) is 9.31. The number of nitrogens with one attached hydrogen (secondary N) is 3. The van der Waals surface area contributed by atoms with E-state index in [-0.39, 0.29) is 17.5 Å². The second-order valence-corrected chi connectivity index (χ2v) is 7.21. The molecule has 0 bridgehead atoms. The van der Waals surface area contributed by atoms with Gasteiger partial charge in [0.1, 0.15) is 4.87 Å². The minimum absolute atomic E-state index is 0.166. The summed E-state index contributed by atoms with van der Waals surface area (Å²) >= 11 is 0. The number of pyridine rings is 1. The van der Waals surface area contributed by atoms with Crippen molar-refractivity contribution < 1.29 is 9.66 Å². The Kier molecular flexibility index (Phi) is 5.60. The van der Waals surface area contributed by atoms with Gasteiger partial charge in [0.05, 0.1) is 35.1 Å². The van der Waals surface area contributed by atoms with Crippen LogP contribution in [0, 0.1) is 34.5 Å². The molecular weight excluding hydrogens is 372 g/mol. The third kappa shape index (κ3) is 3.94. The van der Waals surface area contributed by atoms with E-state index in [0.717, 1.165) is 0 Å². The van der Waals surface area contributed by atoms with Gasteiger partial charge in [-0.1, -0.05) is 6.07 Å². The van der Waals surface area contributed by atoms with Crippen molar-refractivity contribution in [2.24, 2.45) is 0 Å². The van der Waals surface area contributed by atoms with E-state index in [9.17, 15) is 19.8 Å². The Hall–Kier alpha value is -3.72. The number of carbonyl (C=O) groups is 1. The van der Waals surface area contributed by atoms with Crippen molar-refractivity contribution in [2.75, 3.05) is 0 Å². The van der Waals surface area contributed by atoms with E-state index in [2.05, 4.69) is 21.8 Å². The Bertz CT molecular complexity index is 1120. The van der Waals surface area contributed by atoms with Crippen molar-refractivity contribution in [2.45, 2.75) is 51.2 Å². The van der Waals surface area contributed by atoms with Crippen LogP contribution in [0.4, 0.5) is 0 Å². The zero-order valence-electron chi connectivity index (χ0n) is 16.2. The predicted octanol–water partition coefficient (Wildman–Crippen LogP) is 1.09. The molecule has 9 heteroatoms. The van der Waals surface area contributed by atoms with E-state index in [1.165, 1.54) is 0 Å². The molecule has 1 amide bonds. The van der Waals surface area contributed by atoms with Crippen molar-refractivity contribution in [3.63, 3.8) is 0 Å². The van der Waals surface area contributed by atoms with Gasteiger partial charge in [0.2, 0.25) is 5.91 Å². The summed E-state index contributed by atoms with van der Waals surface area (Å²) in [6, 6.07) is 7.66. The zero-order valence-corrected chi connectivity index (χ0v) is 16.2. The average molecular weight is 393 g/mol. The number of nitroso groups, excluding NO2 is 1. The molecule has 0 radical (unpaired) electrons. The molecule has 1 fully saturated rings. The lowest BCUT2D eigenvalue weighted by atomic mass is 9.97. The Morgan fingerprint density at radius 2 is 2.14 bits per heavy atom. The molecule has 148 valence electrons. The van der Waals surface area contributed by atoms with E-state index >= 15 is 0 Å². The second kappa shape index (κ2) is 8.11. The van der Waals surface area contributed by atoms with Crippen LogP contribution >= 0.6 is 0 Å². The molecule has 1 aromatic heterocycles. The molecule has 1 saturated heterocycles. The lowest BCUT2D eigenvalue weighted by Crippen LogP contribution is -2.55. The van der Waals surface area contributed by atoms with Gasteiger partial charge < -0.3 is 10.3 Å². The average Bonchev–Trinajstić information content (AvgIpc) is 2.70. The summed E-state index contributed by atoms with van der Waals surface area (Å²) in [7, 11) is 0. The monoisotopic (exact) mass is 393 g/mol. The van der Waals surface area contributed by atoms with Crippen LogP contribution < -0.4 is 16.3 Å². The number of benzene rings is 1. The fourth-order valence-corrected chi connectivity index (χ4v) is 3.76. The number of hydrogen-bond acceptors (Lipinski definition) is 5. The van der Waals surface area contributed by atoms with Crippen molar-refractivity contribution in [3.8, 4) is 12.1 Å². The Balaban J connectivity index is 1.78. The molecule has 1 aliphatic rings. The maximum Gasteiger partial charge on any atom is 0.254 e. The predicted molar refractivity (Wildman–Crippen MR) is 105 cm³/mol. The maximum absolute atomic E-state index is 12.6. The van der Waals surface area contributed by atoms with Gasteiger partial charge in [-0.3, -0.25) is 9.59 Å². The molecule has 0 saturated carbocycles. The summed E-state index contributed by atoms with van der Waals surface area (Å²) < 4.78 is 0. The van der Waals surface area contributed by atoms with E-state index in [1.807, 2.05) is 6.07 Å². The Labute approximate surface area is 166 Å². The van der Waals surface area contributed by atoms with Crippen molar-refractivity contribution in [1.29, 1.82) is 10.5 Å². The number of H-pyrrole nitrogens is 1. The lowest BCUT2D eigenvalue weighted by molar-refractivity contribution is -0.656. The molecule has 0 aliphatic carbocycles. The number of rotatable bonds is 4. The fourth-order valence-electron chi connectivity index (χ4n) is 3.76. The summed E-state index contributed by atoms with van der Waals surface area (Å²) in [4.78, 5) is 40.5. The summed E-state index contributed by atoms with van der Waals surface area (Å²) in [5.41, 5.74) is 4.02. The molecule has 29 heavy (non-hydrogen) atoms. The van der Waals surface area contributed by atoms with Crippen LogP contribution in [0.2, 0.25) is 0 Å². The second-order valence-electron chi connectivity index (χ2n) is 7.21. The SMILES string of the molecule is Cc1c(CC(=O)N[C@@H](C)C2CCC(C#N)N[N+]2=O)c(=O)[nH]c2cccc(C#N)c12. The van der Waals surface area contributed by atoms with Gasteiger partial charge in [0.15, 0.2) is 6.04 Å². The molecule has 2 heterocycles. The molecule has 3 N–H and O–H groups in total. The highest BCUT2D eigenvalue weighted by Gasteiger charge is 2.39. The number of nitriles is 2. The first kappa shape index (κ1) is 20.0. The number of carbonyl (C=O) groups excluding carboxylic acids is 1. The van der Waals surface area contributed by atoms with Gasteiger partial charge in [-0.2, -0.15) is 10.5 Å². The number of amides is 1. The quantitative estimate of drug-likeness (QED) is 0.664. The molecule has 2 aromatic rings. The largest absolute Gasteiger partial charge is 0.346 e. The number of aromatic amines is 1. The van der Waals surface area contributed by atoms with Gasteiger partial charge in [-0.25, -0.2) is 0 Å². The standard InChI is InChI=1S/C20H20N6O3/c1-11-15(20(28)24-16-5-3-4-13(9-21)19(11)16)8-18(27)23-12(2)17-7-6-14(10-22)25-26(17)29/h3-5,12,14,17H,6-8H2,1-2H3,(H2-,23,24,25,27,28,29)/p+1/t12-,14?,17?/m0/s1. The van der Waals surface area contributed by atoms with Crippen LogP contribution in [0.25, 0.3) is 10.9 Å². The van der Waals surface area contributed by atoms with Crippen LogP contribution in [-0.4, -0.2) is 33.9 Å². The van der Waals surface area contributed by atoms with Crippen LogP contribution in [-0.2, 0) is 11.2 Å². The maximum atomic E-state index is 12.6. The number of nitrogens with zero attached hydrogens (tertiary/aromatic N) is 3. The minimum Gasteiger partial charge on any atom is -0.346 e. The molecule has 9 nitrogen and oxygen atoms in total. The van der Waals surface area contributed by atoms with E-state index < -0.39 is 24.0 Å². The topological polar surface area (TPSA) is 142 Å². The first-order chi connectivity index (χ1) is 13.8. The van der Waals surface area contributed by atoms with Crippen LogP contribution in [0.5, 0.6) is 0 Å². The fraction of sp³-hybridized carbons (Fsp3) is 0.400. The van der Waals surface area contributed by atoms with Crippen LogP contribution in [0.3, 0.4) is 0 Å². The number of hydrazine groups is 1. The summed E-state index contributed by atoms with van der Waals surface area (Å²) in [5.74, 6) is -0.393. The summed E-state index contributed by atoms with van der Waals surface area (Å²) in [6.07, 6.45) is 0.818. The molecular formula is C20H21N6O3+. The number of hydrogen-bond donors (Lipinski definition) is 3. The summed E-state index contributed by atoms with van der Waals surface area (Å²) in [6.45, 7) is 3.43. The first-order valence-electron chi connectivity index (χ1n) is 9.31. The van der Waals surface area contributed by atoms with E-state index in [0.29, 0.717) is 39.7 Å². The number of aromatic nitrogens is 1. The highest BCUT2D eigenvalue weighted by Crippen LogP contribution is 2.22. The highest BCUT2D eigenvalue weighted by molar-refractivity contribution is 5.90. The van der Waals surface area contributed by atoms with Gasteiger partial charge in [-0.15, -0.1) is 5.43 Å². The molecule has 0 spiro atoms. The van der Waals surface area contributed by atoms with Crippen LogP contribution in [0.15, 0.2) is 23.0 Å². The van der Waals surface area contributed by atoms with Gasteiger partial charge >= 0.3 is 0 Å². The third-order valence-electron chi connectivity index (χ3n) is 5.33. The Morgan fingerprint density at radius 1 is 1.38 bits per heavy atom. The third-order valence-corrected chi connectivity index (χ3v) is 5.33. The summed E-state index contributed by atoms with van der Waals surface area (Å²) in [5, 5.41) is 21.6. The highest BCUT2D eigenvalue weighted by atomic mass is 16.3. The molecule has 3 rings (SSSR count). The van der Waals surface area contributed by atoms with Gasteiger partial charge in [0, 0.05) is 22.9 Å². The lowest BCUT2D eigenvalue weighted by Gasteiger charge is -2.23. The van der Waals surface area contributed by atoms with E-state index in [4.69, 9.17) is 5.26 Å². The van der Waals surface area contributed by atoms with Crippen molar-refractivity contribution >= 4 is 16.8 Å². The zero-order chi connectivity index (χ0) is 21.1. The minimum atomic E-state index is -0.528.